The number of aryl methyl sites for hydroxylation is 1. The second kappa shape index (κ2) is 10.3. The number of urea groups is 1. The molecule has 0 saturated carbocycles. The number of anilines is 1. The van der Waals surface area contributed by atoms with Crippen molar-refractivity contribution in [1.29, 1.82) is 5.26 Å². The first-order valence-corrected chi connectivity index (χ1v) is 11.4. The third-order valence-electron chi connectivity index (χ3n) is 4.61. The molecule has 10 heteroatoms. The minimum atomic E-state index is -0.377. The van der Waals surface area contributed by atoms with E-state index in [1.807, 2.05) is 17.2 Å². The lowest BCUT2D eigenvalue weighted by Crippen LogP contribution is -2.36. The normalized spacial score (nSPS) is 14.1. The molecule has 29 heavy (non-hydrogen) atoms. The highest BCUT2D eigenvalue weighted by Gasteiger charge is 2.17. The Hall–Kier alpha value is -2.51. The number of likely N-dealkylation sites (tertiary alicyclic amines) is 1. The lowest BCUT2D eigenvalue weighted by Gasteiger charge is -2.20. The fraction of sp³-hybridized carbons (Fsp3) is 0.526. The largest absolute Gasteiger partial charge is 0.343 e. The Labute approximate surface area is 178 Å². The van der Waals surface area contributed by atoms with Crippen molar-refractivity contribution < 1.29 is 9.59 Å². The van der Waals surface area contributed by atoms with Crippen LogP contribution in [-0.4, -0.2) is 46.4 Å². The zero-order valence-electron chi connectivity index (χ0n) is 16.4. The lowest BCUT2D eigenvalue weighted by atomic mass is 10.2. The molecule has 3 heterocycles. The summed E-state index contributed by atoms with van der Waals surface area (Å²) in [5.41, 5.74) is 1.54. The van der Waals surface area contributed by atoms with Crippen LogP contribution in [0.15, 0.2) is 5.38 Å². The predicted molar refractivity (Wildman–Crippen MR) is 114 cm³/mol. The summed E-state index contributed by atoms with van der Waals surface area (Å²) in [6, 6.07) is 1.71. The molecule has 2 aromatic heterocycles. The molecule has 0 unspecified atom stereocenters. The van der Waals surface area contributed by atoms with Gasteiger partial charge in [-0.15, -0.1) is 11.3 Å². The molecule has 2 N–H and O–H groups in total. The predicted octanol–water partition coefficient (Wildman–Crippen LogP) is 3.56. The molecule has 0 spiro atoms. The van der Waals surface area contributed by atoms with Crippen molar-refractivity contribution in [3.63, 3.8) is 0 Å². The summed E-state index contributed by atoms with van der Waals surface area (Å²) in [4.78, 5) is 36.0. The number of nitrogens with one attached hydrogen (secondary N) is 2. The van der Waals surface area contributed by atoms with E-state index in [2.05, 4.69) is 26.7 Å². The standard InChI is InChI=1S/C19H24N6O2S2/c1-13-17(14-12-28-15(23-14)6-8-20)29-19(22-13)24-18(27)21-9-7-16(26)25-10-4-2-3-5-11-25/h12H,2-7,9-11H2,1H3,(H2,21,22,24,27). The van der Waals surface area contributed by atoms with E-state index in [4.69, 9.17) is 5.26 Å². The number of hydrogen-bond donors (Lipinski definition) is 2. The molecule has 1 aliphatic heterocycles. The molecule has 1 fully saturated rings. The molecule has 154 valence electrons. The number of thiazole rings is 2. The molecule has 1 saturated heterocycles. The maximum atomic E-state index is 12.3. The summed E-state index contributed by atoms with van der Waals surface area (Å²) >= 11 is 2.78. The monoisotopic (exact) mass is 432 g/mol. The fourth-order valence-corrected chi connectivity index (χ4v) is 4.87. The van der Waals surface area contributed by atoms with E-state index in [0.717, 1.165) is 47.2 Å². The van der Waals surface area contributed by atoms with Crippen molar-refractivity contribution in [2.45, 2.75) is 45.4 Å². The Morgan fingerprint density at radius 2 is 2.00 bits per heavy atom. The minimum absolute atomic E-state index is 0.0938. The summed E-state index contributed by atoms with van der Waals surface area (Å²) < 4.78 is 0. The SMILES string of the molecule is Cc1nc(NC(=O)NCCC(=O)N2CCCCCC2)sc1-c1csc(CC#N)n1. The van der Waals surface area contributed by atoms with E-state index in [1.54, 1.807) is 0 Å². The van der Waals surface area contributed by atoms with Crippen molar-refractivity contribution in [2.24, 2.45) is 0 Å². The van der Waals surface area contributed by atoms with Gasteiger partial charge >= 0.3 is 6.03 Å². The number of carbonyl (C=O) groups is 2. The van der Waals surface area contributed by atoms with Crippen LogP contribution in [0.5, 0.6) is 0 Å². The number of hydrogen-bond acceptors (Lipinski definition) is 7. The second-order valence-electron chi connectivity index (χ2n) is 6.82. The van der Waals surface area contributed by atoms with Gasteiger partial charge in [-0.1, -0.05) is 24.2 Å². The number of rotatable bonds is 6. The molecule has 2 aromatic rings. The molecule has 3 rings (SSSR count). The second-order valence-corrected chi connectivity index (χ2v) is 8.76. The fourth-order valence-electron chi connectivity index (χ4n) is 3.15. The quantitative estimate of drug-likeness (QED) is 0.725. The molecule has 0 aromatic carbocycles. The van der Waals surface area contributed by atoms with Gasteiger partial charge in [0.25, 0.3) is 0 Å². The average Bonchev–Trinajstić information content (AvgIpc) is 3.18. The third-order valence-corrected chi connectivity index (χ3v) is 6.56. The first-order chi connectivity index (χ1) is 14.1. The molecule has 1 aliphatic rings. The summed E-state index contributed by atoms with van der Waals surface area (Å²) in [7, 11) is 0. The number of nitriles is 1. The zero-order valence-corrected chi connectivity index (χ0v) is 18.0. The van der Waals surface area contributed by atoms with Gasteiger partial charge in [0.2, 0.25) is 5.91 Å². The number of nitrogens with zero attached hydrogens (tertiary/aromatic N) is 4. The number of carbonyl (C=O) groups excluding carboxylic acids is 2. The molecule has 0 bridgehead atoms. The zero-order chi connectivity index (χ0) is 20.6. The first kappa shape index (κ1) is 21.2. The van der Waals surface area contributed by atoms with Gasteiger partial charge in [-0.25, -0.2) is 14.8 Å². The van der Waals surface area contributed by atoms with Gasteiger partial charge in [-0.2, -0.15) is 5.26 Å². The maximum Gasteiger partial charge on any atom is 0.321 e. The van der Waals surface area contributed by atoms with Gasteiger partial charge in [0.15, 0.2) is 5.13 Å². The first-order valence-electron chi connectivity index (χ1n) is 9.68. The van der Waals surface area contributed by atoms with E-state index in [0.29, 0.717) is 18.1 Å². The van der Waals surface area contributed by atoms with Crippen molar-refractivity contribution >= 4 is 39.7 Å². The maximum absolute atomic E-state index is 12.3. The van der Waals surface area contributed by atoms with Crippen LogP contribution in [0, 0.1) is 18.3 Å². The third kappa shape index (κ3) is 5.98. The van der Waals surface area contributed by atoms with Gasteiger partial charge in [0, 0.05) is 31.4 Å². The van der Waals surface area contributed by atoms with E-state index >= 15 is 0 Å². The van der Waals surface area contributed by atoms with Crippen LogP contribution in [0.2, 0.25) is 0 Å². The van der Waals surface area contributed by atoms with Crippen LogP contribution in [0.4, 0.5) is 9.93 Å². The van der Waals surface area contributed by atoms with Gasteiger partial charge in [-0.3, -0.25) is 10.1 Å². The Kier molecular flexibility index (Phi) is 7.55. The van der Waals surface area contributed by atoms with Crippen LogP contribution in [0.25, 0.3) is 10.6 Å². The Morgan fingerprint density at radius 3 is 2.72 bits per heavy atom. The van der Waals surface area contributed by atoms with Crippen molar-refractivity contribution in [1.82, 2.24) is 20.2 Å². The molecule has 8 nitrogen and oxygen atoms in total. The lowest BCUT2D eigenvalue weighted by molar-refractivity contribution is -0.131. The molecule has 0 atom stereocenters. The highest BCUT2D eigenvalue weighted by Crippen LogP contribution is 2.33. The molecule has 0 aliphatic carbocycles. The molecule has 3 amide bonds. The van der Waals surface area contributed by atoms with E-state index in [9.17, 15) is 9.59 Å². The number of amides is 3. The summed E-state index contributed by atoms with van der Waals surface area (Å²) in [5.74, 6) is 0.0938. The van der Waals surface area contributed by atoms with Crippen molar-refractivity contribution in [3.8, 4) is 16.6 Å². The van der Waals surface area contributed by atoms with Gasteiger partial charge < -0.3 is 10.2 Å². The van der Waals surface area contributed by atoms with Crippen LogP contribution < -0.4 is 10.6 Å². The van der Waals surface area contributed by atoms with Gasteiger partial charge in [-0.05, 0) is 19.8 Å². The summed E-state index contributed by atoms with van der Waals surface area (Å²) in [6.45, 7) is 3.79. The van der Waals surface area contributed by atoms with Crippen LogP contribution in [0.3, 0.4) is 0 Å². The van der Waals surface area contributed by atoms with Crippen LogP contribution >= 0.6 is 22.7 Å². The van der Waals surface area contributed by atoms with Gasteiger partial charge in [0.1, 0.15) is 5.01 Å². The molecule has 0 radical (unpaired) electrons. The average molecular weight is 433 g/mol. The van der Waals surface area contributed by atoms with Gasteiger partial charge in [0.05, 0.1) is 28.8 Å². The smallest absolute Gasteiger partial charge is 0.321 e. The van der Waals surface area contributed by atoms with Crippen molar-refractivity contribution in [2.75, 3.05) is 25.0 Å². The van der Waals surface area contributed by atoms with E-state index in [-0.39, 0.29) is 18.4 Å². The molecular weight excluding hydrogens is 408 g/mol. The highest BCUT2D eigenvalue weighted by atomic mass is 32.1. The minimum Gasteiger partial charge on any atom is -0.343 e. The summed E-state index contributed by atoms with van der Waals surface area (Å²) in [5, 5.41) is 17.4. The van der Waals surface area contributed by atoms with E-state index in [1.165, 1.54) is 35.5 Å². The highest BCUT2D eigenvalue weighted by molar-refractivity contribution is 7.19. The van der Waals surface area contributed by atoms with Crippen molar-refractivity contribution in [3.05, 3.63) is 16.1 Å². The van der Waals surface area contributed by atoms with Crippen LogP contribution in [0.1, 0.15) is 42.8 Å². The van der Waals surface area contributed by atoms with E-state index < -0.39 is 0 Å². The Balaban J connectivity index is 1.48. The Morgan fingerprint density at radius 1 is 1.24 bits per heavy atom. The Bertz CT molecular complexity index is 893. The topological polar surface area (TPSA) is 111 Å². The number of aromatic nitrogens is 2. The molecular formula is C19H24N6O2S2. The van der Waals surface area contributed by atoms with Crippen LogP contribution in [-0.2, 0) is 11.2 Å². The summed E-state index contributed by atoms with van der Waals surface area (Å²) in [6.07, 6.45) is 5.06.